The molecule has 9 heteroatoms. The lowest BCUT2D eigenvalue weighted by Crippen LogP contribution is -2.40. The number of carbonyl (C=O) groups excluding carboxylic acids is 3. The van der Waals surface area contributed by atoms with Crippen LogP contribution in [0.5, 0.6) is 0 Å². The summed E-state index contributed by atoms with van der Waals surface area (Å²) < 4.78 is 0. The zero-order chi connectivity index (χ0) is 21.3. The molecule has 0 spiro atoms. The summed E-state index contributed by atoms with van der Waals surface area (Å²) in [6.07, 6.45) is 0.885. The maximum atomic E-state index is 13.1. The highest BCUT2D eigenvalue weighted by Crippen LogP contribution is 2.31. The van der Waals surface area contributed by atoms with Crippen LogP contribution in [0.1, 0.15) is 30.8 Å². The van der Waals surface area contributed by atoms with Crippen LogP contribution in [-0.2, 0) is 22.6 Å². The number of urea groups is 1. The van der Waals surface area contributed by atoms with Crippen LogP contribution in [0.2, 0.25) is 0 Å². The van der Waals surface area contributed by atoms with Crippen molar-refractivity contribution in [2.75, 3.05) is 23.3 Å². The Balaban J connectivity index is 1.39. The van der Waals surface area contributed by atoms with Crippen LogP contribution in [0.15, 0.2) is 30.3 Å². The van der Waals surface area contributed by atoms with Crippen LogP contribution in [0.3, 0.4) is 0 Å². The van der Waals surface area contributed by atoms with Gasteiger partial charge in [0.15, 0.2) is 5.13 Å². The Bertz CT molecular complexity index is 959. The molecule has 0 radical (unpaired) electrons. The van der Waals surface area contributed by atoms with Gasteiger partial charge in [-0.2, -0.15) is 0 Å². The van der Waals surface area contributed by atoms with Gasteiger partial charge in [0.1, 0.15) is 0 Å². The molecule has 2 aromatic rings. The number of carbonyl (C=O) groups is 3. The average Bonchev–Trinajstić information content (AvgIpc) is 3.29. The van der Waals surface area contributed by atoms with Gasteiger partial charge in [-0.1, -0.05) is 29.5 Å². The van der Waals surface area contributed by atoms with E-state index in [9.17, 15) is 14.4 Å². The van der Waals surface area contributed by atoms with Gasteiger partial charge >= 0.3 is 6.03 Å². The first-order chi connectivity index (χ1) is 14.4. The Morgan fingerprint density at radius 2 is 2.00 bits per heavy atom. The van der Waals surface area contributed by atoms with Crippen molar-refractivity contribution in [3.8, 4) is 0 Å². The molecule has 0 bridgehead atoms. The highest BCUT2D eigenvalue weighted by Gasteiger charge is 2.38. The van der Waals surface area contributed by atoms with Gasteiger partial charge in [0.2, 0.25) is 11.8 Å². The summed E-state index contributed by atoms with van der Waals surface area (Å²) in [5.41, 5.74) is 1.76. The van der Waals surface area contributed by atoms with Crippen molar-refractivity contribution in [1.29, 1.82) is 0 Å². The normalized spacial score (nSPS) is 18.5. The number of anilines is 2. The molecular formula is C21H25N5O3S. The van der Waals surface area contributed by atoms with E-state index in [0.717, 1.165) is 16.3 Å². The van der Waals surface area contributed by atoms with E-state index in [0.29, 0.717) is 31.2 Å². The first-order valence-corrected chi connectivity index (χ1v) is 10.9. The van der Waals surface area contributed by atoms with E-state index < -0.39 is 0 Å². The minimum Gasteiger partial charge on any atom is -0.337 e. The van der Waals surface area contributed by atoms with Gasteiger partial charge in [-0.25, -0.2) is 9.78 Å². The first-order valence-electron chi connectivity index (χ1n) is 10.1. The van der Waals surface area contributed by atoms with E-state index in [2.05, 4.69) is 15.6 Å². The number of nitrogens with zero attached hydrogens (tertiary/aromatic N) is 3. The minimum atomic E-state index is -0.332. The van der Waals surface area contributed by atoms with Gasteiger partial charge in [0.05, 0.1) is 18.2 Å². The van der Waals surface area contributed by atoms with E-state index in [1.165, 1.54) is 11.3 Å². The number of hydrogen-bond acceptors (Lipinski definition) is 5. The maximum Gasteiger partial charge on any atom is 0.321 e. The molecule has 4 rings (SSSR count). The number of amides is 4. The fourth-order valence-corrected chi connectivity index (χ4v) is 4.84. The Kier molecular flexibility index (Phi) is 5.72. The van der Waals surface area contributed by atoms with Crippen LogP contribution in [0.4, 0.5) is 15.6 Å². The van der Waals surface area contributed by atoms with Crippen molar-refractivity contribution in [3.63, 3.8) is 0 Å². The van der Waals surface area contributed by atoms with E-state index in [-0.39, 0.29) is 36.2 Å². The highest BCUT2D eigenvalue weighted by molar-refractivity contribution is 7.15. The number of rotatable bonds is 4. The molecule has 1 unspecified atom stereocenters. The van der Waals surface area contributed by atoms with Crippen molar-refractivity contribution < 1.29 is 14.4 Å². The van der Waals surface area contributed by atoms with E-state index in [4.69, 9.17) is 0 Å². The Labute approximate surface area is 179 Å². The number of para-hydroxylation sites is 1. The number of fused-ring (bicyclic) bond motifs is 1. The van der Waals surface area contributed by atoms with Crippen molar-refractivity contribution in [3.05, 3.63) is 40.9 Å². The quantitative estimate of drug-likeness (QED) is 0.784. The zero-order valence-corrected chi connectivity index (χ0v) is 17.9. The third-order valence-electron chi connectivity index (χ3n) is 5.23. The monoisotopic (exact) mass is 427 g/mol. The SMILES string of the molecule is CC(C)NC(=O)Nc1nc2c(s1)CN(C(=O)C1CC(=O)N(c3ccccc3)C1)CC2. The molecule has 1 aromatic carbocycles. The van der Waals surface area contributed by atoms with E-state index >= 15 is 0 Å². The fraction of sp³-hybridized carbons (Fsp3) is 0.429. The third-order valence-corrected chi connectivity index (χ3v) is 6.22. The summed E-state index contributed by atoms with van der Waals surface area (Å²) >= 11 is 1.40. The molecule has 1 fully saturated rings. The van der Waals surface area contributed by atoms with Crippen molar-refractivity contribution in [1.82, 2.24) is 15.2 Å². The minimum absolute atomic E-state index is 0.00731. The second-order valence-corrected chi connectivity index (χ2v) is 8.98. The Morgan fingerprint density at radius 3 is 2.73 bits per heavy atom. The second-order valence-electron chi connectivity index (χ2n) is 7.89. The second kappa shape index (κ2) is 8.43. The van der Waals surface area contributed by atoms with Gasteiger partial charge < -0.3 is 15.1 Å². The predicted octanol–water partition coefficient (Wildman–Crippen LogP) is 2.61. The summed E-state index contributed by atoms with van der Waals surface area (Å²) in [6, 6.07) is 9.22. The predicted molar refractivity (Wildman–Crippen MR) is 115 cm³/mol. The van der Waals surface area contributed by atoms with Crippen molar-refractivity contribution in [2.45, 2.75) is 39.3 Å². The number of hydrogen-bond donors (Lipinski definition) is 2. The molecule has 2 N–H and O–H groups in total. The molecule has 1 aromatic heterocycles. The van der Waals surface area contributed by atoms with E-state index in [1.807, 2.05) is 49.1 Å². The van der Waals surface area contributed by atoms with Gasteiger partial charge in [0, 0.05) is 42.5 Å². The van der Waals surface area contributed by atoms with Crippen LogP contribution in [-0.4, -0.2) is 46.9 Å². The molecule has 2 aliphatic heterocycles. The van der Waals surface area contributed by atoms with Crippen LogP contribution >= 0.6 is 11.3 Å². The standard InChI is InChI=1S/C21H25N5O3S/c1-13(2)22-20(29)24-21-23-16-8-9-25(12-17(16)30-21)19(28)14-10-18(27)26(11-14)15-6-4-3-5-7-15/h3-7,13-14H,8-12H2,1-2H3,(H2,22,23,24,29). The largest absolute Gasteiger partial charge is 0.337 e. The van der Waals surface area contributed by atoms with E-state index in [1.54, 1.807) is 4.90 Å². The lowest BCUT2D eigenvalue weighted by atomic mass is 10.1. The molecular weight excluding hydrogens is 402 g/mol. The first kappa shape index (κ1) is 20.3. The maximum absolute atomic E-state index is 13.1. The molecule has 4 amide bonds. The fourth-order valence-electron chi connectivity index (χ4n) is 3.82. The van der Waals surface area contributed by atoms with Gasteiger partial charge in [0.25, 0.3) is 0 Å². The van der Waals surface area contributed by atoms with Crippen LogP contribution < -0.4 is 15.5 Å². The van der Waals surface area contributed by atoms with Crippen LogP contribution in [0, 0.1) is 5.92 Å². The molecule has 1 saturated heterocycles. The van der Waals surface area contributed by atoms with Gasteiger partial charge in [-0.15, -0.1) is 0 Å². The van der Waals surface area contributed by atoms with Crippen molar-refractivity contribution in [2.24, 2.45) is 5.92 Å². The topological polar surface area (TPSA) is 94.6 Å². The zero-order valence-electron chi connectivity index (χ0n) is 17.1. The summed E-state index contributed by atoms with van der Waals surface area (Å²) in [7, 11) is 0. The highest BCUT2D eigenvalue weighted by atomic mass is 32.1. The summed E-state index contributed by atoms with van der Waals surface area (Å²) in [4.78, 5) is 46.4. The molecule has 8 nitrogen and oxygen atoms in total. The summed E-state index contributed by atoms with van der Waals surface area (Å²) in [6.45, 7) is 5.24. The van der Waals surface area contributed by atoms with Gasteiger partial charge in [-0.05, 0) is 26.0 Å². The Morgan fingerprint density at radius 1 is 1.23 bits per heavy atom. The third kappa shape index (κ3) is 4.30. The molecule has 1 atom stereocenters. The van der Waals surface area contributed by atoms with Gasteiger partial charge in [-0.3, -0.25) is 14.9 Å². The number of thiazole rings is 1. The average molecular weight is 428 g/mol. The number of nitrogens with one attached hydrogen (secondary N) is 2. The molecule has 30 heavy (non-hydrogen) atoms. The Hall–Kier alpha value is -2.94. The number of benzene rings is 1. The molecule has 158 valence electrons. The molecule has 2 aliphatic rings. The molecule has 0 aliphatic carbocycles. The smallest absolute Gasteiger partial charge is 0.321 e. The lowest BCUT2D eigenvalue weighted by molar-refractivity contribution is -0.136. The number of aromatic nitrogens is 1. The molecule has 0 saturated carbocycles. The summed E-state index contributed by atoms with van der Waals surface area (Å²) in [5, 5.41) is 6.08. The van der Waals surface area contributed by atoms with Crippen molar-refractivity contribution >= 4 is 40.0 Å². The molecule has 3 heterocycles. The lowest BCUT2D eigenvalue weighted by Gasteiger charge is -2.28. The van der Waals surface area contributed by atoms with Crippen LogP contribution in [0.25, 0.3) is 0 Å². The summed E-state index contributed by atoms with van der Waals surface area (Å²) in [5.74, 6) is -0.341.